The van der Waals surface area contributed by atoms with E-state index in [0.29, 0.717) is 4.90 Å². The largest absolute Gasteiger partial charge is 0.481 e. The van der Waals surface area contributed by atoms with Crippen LogP contribution in [-0.2, 0) is 11.0 Å². The Morgan fingerprint density at radius 3 is 2.50 bits per heavy atom. The van der Waals surface area contributed by atoms with Crippen LogP contribution < -0.4 is 0 Å². The Morgan fingerprint density at radius 2 is 2.06 bits per heavy atom. The molecule has 0 aliphatic heterocycles. The molecular formula is C9H6ClF3O2S. The van der Waals surface area contributed by atoms with Crippen LogP contribution in [0.1, 0.15) is 5.56 Å². The van der Waals surface area contributed by atoms with Crippen molar-refractivity contribution in [3.63, 3.8) is 0 Å². The van der Waals surface area contributed by atoms with Crippen LogP contribution in [0.3, 0.4) is 0 Å². The second-order valence-electron chi connectivity index (χ2n) is 2.83. The monoisotopic (exact) mass is 270 g/mol. The molecule has 0 saturated heterocycles. The quantitative estimate of drug-likeness (QED) is 0.854. The second-order valence-corrected chi connectivity index (χ2v) is 4.25. The predicted octanol–water partition coefficient (Wildman–Crippen LogP) is 3.54. The average Bonchev–Trinajstić information content (AvgIpc) is 2.14. The fourth-order valence-corrected chi connectivity index (χ4v) is 1.92. The summed E-state index contributed by atoms with van der Waals surface area (Å²) in [5.41, 5.74) is -0.850. The highest BCUT2D eigenvalue weighted by Crippen LogP contribution is 2.35. The van der Waals surface area contributed by atoms with Crippen LogP contribution >= 0.6 is 23.4 Å². The zero-order valence-corrected chi connectivity index (χ0v) is 9.29. The normalized spacial score (nSPS) is 11.5. The van der Waals surface area contributed by atoms with Gasteiger partial charge in [0.2, 0.25) is 0 Å². The maximum Gasteiger partial charge on any atom is 0.416 e. The molecule has 0 unspecified atom stereocenters. The summed E-state index contributed by atoms with van der Waals surface area (Å²) < 4.78 is 36.8. The van der Waals surface area contributed by atoms with E-state index >= 15 is 0 Å². The van der Waals surface area contributed by atoms with Gasteiger partial charge in [-0.1, -0.05) is 11.6 Å². The standard InChI is InChI=1S/C9H6ClF3O2S/c10-6-3-5(9(11,12)13)1-2-7(6)16-4-8(14)15/h1-3H,4H2,(H,14,15). The molecule has 1 N–H and O–H groups in total. The number of aliphatic carboxylic acids is 1. The minimum Gasteiger partial charge on any atom is -0.481 e. The number of halogens is 4. The molecule has 0 saturated carbocycles. The van der Waals surface area contributed by atoms with Gasteiger partial charge in [-0.25, -0.2) is 0 Å². The number of alkyl halides is 3. The summed E-state index contributed by atoms with van der Waals surface area (Å²) in [6.45, 7) is 0. The van der Waals surface area contributed by atoms with Crippen LogP contribution in [0.25, 0.3) is 0 Å². The van der Waals surface area contributed by atoms with E-state index in [-0.39, 0.29) is 10.8 Å². The third-order valence-corrected chi connectivity index (χ3v) is 3.09. The average molecular weight is 271 g/mol. The first-order chi connectivity index (χ1) is 7.30. The highest BCUT2D eigenvalue weighted by Gasteiger charge is 2.30. The molecule has 0 bridgehead atoms. The lowest BCUT2D eigenvalue weighted by Gasteiger charge is -2.08. The van der Waals surface area contributed by atoms with Crippen molar-refractivity contribution in [1.29, 1.82) is 0 Å². The van der Waals surface area contributed by atoms with Gasteiger partial charge in [-0.2, -0.15) is 13.2 Å². The second kappa shape index (κ2) is 4.97. The van der Waals surface area contributed by atoms with Crippen LogP contribution in [0.5, 0.6) is 0 Å². The van der Waals surface area contributed by atoms with E-state index < -0.39 is 17.7 Å². The first kappa shape index (κ1) is 13.2. The number of hydrogen-bond donors (Lipinski definition) is 1. The Balaban J connectivity index is 2.88. The van der Waals surface area contributed by atoms with Crippen molar-refractivity contribution >= 4 is 29.3 Å². The van der Waals surface area contributed by atoms with Crippen molar-refractivity contribution < 1.29 is 23.1 Å². The molecule has 2 nitrogen and oxygen atoms in total. The number of carboxylic acid groups (broad SMARTS) is 1. The molecule has 0 heterocycles. The Morgan fingerprint density at radius 1 is 1.44 bits per heavy atom. The molecule has 0 aromatic heterocycles. The lowest BCUT2D eigenvalue weighted by atomic mass is 10.2. The number of thioether (sulfide) groups is 1. The van der Waals surface area contributed by atoms with Crippen LogP contribution in [0.15, 0.2) is 23.1 Å². The Kier molecular flexibility index (Phi) is 4.09. The molecule has 7 heteroatoms. The van der Waals surface area contributed by atoms with Crippen LogP contribution in [0, 0.1) is 0 Å². The van der Waals surface area contributed by atoms with E-state index in [0.717, 1.165) is 23.9 Å². The summed E-state index contributed by atoms with van der Waals surface area (Å²) in [5, 5.41) is 8.31. The topological polar surface area (TPSA) is 37.3 Å². The molecule has 0 aliphatic rings. The molecule has 0 fully saturated rings. The first-order valence-electron chi connectivity index (χ1n) is 4.02. The van der Waals surface area contributed by atoms with E-state index in [2.05, 4.69) is 0 Å². The molecule has 0 aliphatic carbocycles. The Bertz CT molecular complexity index is 406. The van der Waals surface area contributed by atoms with Gasteiger partial charge in [-0.3, -0.25) is 4.79 Å². The molecule has 0 amide bonds. The molecule has 88 valence electrons. The van der Waals surface area contributed by atoms with Gasteiger partial charge in [0, 0.05) is 4.90 Å². The van der Waals surface area contributed by atoms with Crippen molar-refractivity contribution in [3.8, 4) is 0 Å². The van der Waals surface area contributed by atoms with Gasteiger partial charge in [-0.15, -0.1) is 11.8 Å². The van der Waals surface area contributed by atoms with Gasteiger partial charge in [0.25, 0.3) is 0 Å². The highest BCUT2D eigenvalue weighted by molar-refractivity contribution is 8.00. The van der Waals surface area contributed by atoms with Gasteiger partial charge in [0.15, 0.2) is 0 Å². The summed E-state index contributed by atoms with van der Waals surface area (Å²) in [5.74, 6) is -1.30. The van der Waals surface area contributed by atoms with Gasteiger partial charge in [-0.05, 0) is 18.2 Å². The molecule has 0 spiro atoms. The number of carboxylic acids is 1. The van der Waals surface area contributed by atoms with E-state index in [4.69, 9.17) is 16.7 Å². The molecule has 0 atom stereocenters. The molecule has 1 rings (SSSR count). The fraction of sp³-hybridized carbons (Fsp3) is 0.222. The van der Waals surface area contributed by atoms with E-state index in [1.54, 1.807) is 0 Å². The predicted molar refractivity (Wildman–Crippen MR) is 54.8 cm³/mol. The van der Waals surface area contributed by atoms with Gasteiger partial charge < -0.3 is 5.11 Å². The Hall–Kier alpha value is -0.880. The van der Waals surface area contributed by atoms with E-state index in [1.807, 2.05) is 0 Å². The van der Waals surface area contributed by atoms with Crippen molar-refractivity contribution in [3.05, 3.63) is 28.8 Å². The lowest BCUT2D eigenvalue weighted by Crippen LogP contribution is -2.04. The number of benzene rings is 1. The maximum absolute atomic E-state index is 12.3. The maximum atomic E-state index is 12.3. The third-order valence-electron chi connectivity index (χ3n) is 1.61. The van der Waals surface area contributed by atoms with Crippen LogP contribution in [0.2, 0.25) is 5.02 Å². The zero-order valence-electron chi connectivity index (χ0n) is 7.71. The van der Waals surface area contributed by atoms with Gasteiger partial charge >= 0.3 is 12.1 Å². The SMILES string of the molecule is O=C(O)CSc1ccc(C(F)(F)F)cc1Cl. The number of rotatable bonds is 3. The van der Waals surface area contributed by atoms with Gasteiger partial charge in [0.1, 0.15) is 0 Å². The molecule has 1 aromatic carbocycles. The summed E-state index contributed by atoms with van der Waals surface area (Å²) in [4.78, 5) is 10.6. The zero-order chi connectivity index (χ0) is 12.3. The Labute approximate surface area is 98.4 Å². The van der Waals surface area contributed by atoms with Crippen molar-refractivity contribution in [2.75, 3.05) is 5.75 Å². The van der Waals surface area contributed by atoms with Crippen molar-refractivity contribution in [2.24, 2.45) is 0 Å². The molecular weight excluding hydrogens is 265 g/mol. The third kappa shape index (κ3) is 3.61. The van der Waals surface area contributed by atoms with Gasteiger partial charge in [0.05, 0.1) is 16.3 Å². The fourth-order valence-electron chi connectivity index (χ4n) is 0.934. The minimum atomic E-state index is -4.44. The van der Waals surface area contributed by atoms with Crippen molar-refractivity contribution in [1.82, 2.24) is 0 Å². The molecule has 0 radical (unpaired) electrons. The lowest BCUT2D eigenvalue weighted by molar-refractivity contribution is -0.137. The molecule has 16 heavy (non-hydrogen) atoms. The summed E-state index contributed by atoms with van der Waals surface area (Å²) >= 11 is 6.48. The van der Waals surface area contributed by atoms with Crippen molar-refractivity contribution in [2.45, 2.75) is 11.1 Å². The van der Waals surface area contributed by atoms with Crippen LogP contribution in [-0.4, -0.2) is 16.8 Å². The highest BCUT2D eigenvalue weighted by atomic mass is 35.5. The smallest absolute Gasteiger partial charge is 0.416 e. The summed E-state index contributed by atoms with van der Waals surface area (Å²) in [6, 6.07) is 2.82. The minimum absolute atomic E-state index is 0.0962. The van der Waals surface area contributed by atoms with E-state index in [9.17, 15) is 18.0 Å². The van der Waals surface area contributed by atoms with E-state index in [1.165, 1.54) is 6.07 Å². The number of carbonyl (C=O) groups is 1. The summed E-state index contributed by atoms with van der Waals surface area (Å²) in [7, 11) is 0. The van der Waals surface area contributed by atoms with Crippen LogP contribution in [0.4, 0.5) is 13.2 Å². The first-order valence-corrected chi connectivity index (χ1v) is 5.38. The number of hydrogen-bond acceptors (Lipinski definition) is 2. The molecule has 1 aromatic rings. The summed E-state index contributed by atoms with van der Waals surface area (Å²) in [6.07, 6.45) is -4.44.